The van der Waals surface area contributed by atoms with Crippen LogP contribution in [0.15, 0.2) is 30.5 Å². The summed E-state index contributed by atoms with van der Waals surface area (Å²) in [5, 5.41) is 4.14. The van der Waals surface area contributed by atoms with Crippen molar-refractivity contribution < 1.29 is 19.1 Å². The van der Waals surface area contributed by atoms with Gasteiger partial charge in [-0.25, -0.2) is 4.79 Å². The maximum Gasteiger partial charge on any atom is 0.359 e. The van der Waals surface area contributed by atoms with Crippen molar-refractivity contribution in [2.75, 3.05) is 33.3 Å². The predicted octanol–water partition coefficient (Wildman–Crippen LogP) is 1.18. The van der Waals surface area contributed by atoms with Gasteiger partial charge in [0.05, 0.1) is 7.11 Å². The van der Waals surface area contributed by atoms with Crippen molar-refractivity contribution in [3.05, 3.63) is 41.7 Å². The molecule has 1 saturated heterocycles. The second-order valence-corrected chi connectivity index (χ2v) is 6.43. The van der Waals surface area contributed by atoms with Gasteiger partial charge in [-0.05, 0) is 17.7 Å². The SMILES string of the molecule is COC(=O)c1nn(C)cc1-c1ccc(C(=O)N2CCN(C(C)=O)CC2)cc1. The number of methoxy groups -OCH3 is 1. The van der Waals surface area contributed by atoms with Crippen LogP contribution in [0.5, 0.6) is 0 Å². The molecule has 0 saturated carbocycles. The zero-order valence-corrected chi connectivity index (χ0v) is 15.6. The number of carbonyl (C=O) groups excluding carboxylic acids is 3. The number of benzene rings is 1. The lowest BCUT2D eigenvalue weighted by atomic mass is 10.0. The lowest BCUT2D eigenvalue weighted by molar-refractivity contribution is -0.130. The van der Waals surface area contributed by atoms with E-state index in [1.54, 1.807) is 52.0 Å². The molecule has 0 aliphatic carbocycles. The summed E-state index contributed by atoms with van der Waals surface area (Å²) in [5.41, 5.74) is 2.23. The standard InChI is InChI=1S/C19H22N4O4/c1-13(24)22-8-10-23(11-9-22)18(25)15-6-4-14(5-7-15)16-12-21(2)20-17(16)19(26)27-3/h4-7,12H,8-11H2,1-3H3. The highest BCUT2D eigenvalue weighted by atomic mass is 16.5. The first-order valence-electron chi connectivity index (χ1n) is 8.68. The van der Waals surface area contributed by atoms with E-state index in [0.29, 0.717) is 37.3 Å². The second kappa shape index (κ2) is 7.61. The number of esters is 1. The minimum Gasteiger partial charge on any atom is -0.464 e. The van der Waals surface area contributed by atoms with E-state index >= 15 is 0 Å². The van der Waals surface area contributed by atoms with Crippen LogP contribution in [0.4, 0.5) is 0 Å². The lowest BCUT2D eigenvalue weighted by Gasteiger charge is -2.34. The molecule has 1 aliphatic rings. The van der Waals surface area contributed by atoms with Gasteiger partial charge in [0, 0.05) is 57.5 Å². The molecule has 0 radical (unpaired) electrons. The second-order valence-electron chi connectivity index (χ2n) is 6.43. The van der Waals surface area contributed by atoms with Crippen molar-refractivity contribution in [2.45, 2.75) is 6.92 Å². The van der Waals surface area contributed by atoms with Gasteiger partial charge in [-0.2, -0.15) is 5.10 Å². The summed E-state index contributed by atoms with van der Waals surface area (Å²) in [6.45, 7) is 3.69. The fourth-order valence-electron chi connectivity index (χ4n) is 3.15. The Labute approximate surface area is 157 Å². The molecule has 8 nitrogen and oxygen atoms in total. The highest BCUT2D eigenvalue weighted by Crippen LogP contribution is 2.24. The molecule has 2 aromatic rings. The lowest BCUT2D eigenvalue weighted by Crippen LogP contribution is -2.50. The number of ether oxygens (including phenoxy) is 1. The van der Waals surface area contributed by atoms with Crippen LogP contribution in [-0.2, 0) is 16.6 Å². The number of carbonyl (C=O) groups is 3. The molecular weight excluding hydrogens is 348 g/mol. The number of hydrogen-bond donors (Lipinski definition) is 0. The molecule has 0 bridgehead atoms. The Morgan fingerprint density at radius 3 is 2.15 bits per heavy atom. The van der Waals surface area contributed by atoms with Crippen LogP contribution in [-0.4, -0.2) is 70.7 Å². The van der Waals surface area contributed by atoms with Gasteiger partial charge in [-0.1, -0.05) is 12.1 Å². The Bertz CT molecular complexity index is 864. The van der Waals surface area contributed by atoms with Crippen molar-refractivity contribution in [1.29, 1.82) is 0 Å². The van der Waals surface area contributed by atoms with Crippen molar-refractivity contribution in [1.82, 2.24) is 19.6 Å². The van der Waals surface area contributed by atoms with Crippen LogP contribution in [0, 0.1) is 0 Å². The molecule has 0 atom stereocenters. The van der Waals surface area contributed by atoms with Crippen molar-refractivity contribution in [3.8, 4) is 11.1 Å². The molecule has 2 amide bonds. The highest BCUT2D eigenvalue weighted by Gasteiger charge is 2.23. The van der Waals surface area contributed by atoms with Gasteiger partial charge < -0.3 is 14.5 Å². The summed E-state index contributed by atoms with van der Waals surface area (Å²) in [6, 6.07) is 7.07. The van der Waals surface area contributed by atoms with Crippen LogP contribution in [0.25, 0.3) is 11.1 Å². The topological polar surface area (TPSA) is 84.7 Å². The molecule has 8 heteroatoms. The fraction of sp³-hybridized carbons (Fsp3) is 0.368. The normalized spacial score (nSPS) is 14.2. The summed E-state index contributed by atoms with van der Waals surface area (Å²) >= 11 is 0. The minimum atomic E-state index is -0.505. The van der Waals surface area contributed by atoms with Gasteiger partial charge in [0.25, 0.3) is 5.91 Å². The highest BCUT2D eigenvalue weighted by molar-refractivity contribution is 5.97. The molecule has 2 heterocycles. The average Bonchev–Trinajstić information content (AvgIpc) is 3.08. The molecule has 0 spiro atoms. The van der Waals surface area contributed by atoms with Crippen LogP contribution >= 0.6 is 0 Å². The Morgan fingerprint density at radius 1 is 1.00 bits per heavy atom. The minimum absolute atomic E-state index is 0.0318. The Balaban J connectivity index is 1.76. The summed E-state index contributed by atoms with van der Waals surface area (Å²) < 4.78 is 6.33. The average molecular weight is 370 g/mol. The number of amides is 2. The first kappa shape index (κ1) is 18.6. The molecule has 1 aromatic heterocycles. The molecule has 142 valence electrons. The number of aryl methyl sites for hydroxylation is 1. The van der Waals surface area contributed by atoms with Gasteiger partial charge in [0.2, 0.25) is 5.91 Å². The maximum absolute atomic E-state index is 12.7. The zero-order chi connectivity index (χ0) is 19.6. The number of nitrogens with zero attached hydrogens (tertiary/aromatic N) is 4. The van der Waals surface area contributed by atoms with Gasteiger partial charge in [-0.15, -0.1) is 0 Å². The monoisotopic (exact) mass is 370 g/mol. The van der Waals surface area contributed by atoms with E-state index in [9.17, 15) is 14.4 Å². The Hall–Kier alpha value is -3.16. The molecule has 1 aliphatic heterocycles. The number of rotatable bonds is 3. The number of piperazine rings is 1. The van der Waals surface area contributed by atoms with E-state index in [2.05, 4.69) is 5.10 Å². The van der Waals surface area contributed by atoms with Crippen molar-refractivity contribution >= 4 is 17.8 Å². The van der Waals surface area contributed by atoms with Crippen LogP contribution in [0.1, 0.15) is 27.8 Å². The van der Waals surface area contributed by atoms with Crippen molar-refractivity contribution in [2.24, 2.45) is 7.05 Å². The third kappa shape index (κ3) is 3.84. The molecule has 1 fully saturated rings. The molecule has 0 unspecified atom stereocenters. The maximum atomic E-state index is 12.7. The predicted molar refractivity (Wildman–Crippen MR) is 98.1 cm³/mol. The zero-order valence-electron chi connectivity index (χ0n) is 15.6. The van der Waals surface area contributed by atoms with Crippen LogP contribution in [0.3, 0.4) is 0 Å². The third-order valence-corrected chi connectivity index (χ3v) is 4.66. The van der Waals surface area contributed by atoms with E-state index in [1.165, 1.54) is 14.0 Å². The van der Waals surface area contributed by atoms with E-state index in [1.807, 2.05) is 0 Å². The van der Waals surface area contributed by atoms with Crippen LogP contribution < -0.4 is 0 Å². The number of aromatic nitrogens is 2. The van der Waals surface area contributed by atoms with Gasteiger partial charge in [-0.3, -0.25) is 14.3 Å². The van der Waals surface area contributed by atoms with Gasteiger partial charge in [0.15, 0.2) is 5.69 Å². The summed E-state index contributed by atoms with van der Waals surface area (Å²) in [4.78, 5) is 39.5. The largest absolute Gasteiger partial charge is 0.464 e. The molecular formula is C19H22N4O4. The fourth-order valence-corrected chi connectivity index (χ4v) is 3.15. The molecule has 3 rings (SSSR count). The first-order valence-corrected chi connectivity index (χ1v) is 8.68. The van der Waals surface area contributed by atoms with E-state index in [-0.39, 0.29) is 17.5 Å². The summed E-state index contributed by atoms with van der Waals surface area (Å²) in [6.07, 6.45) is 1.74. The third-order valence-electron chi connectivity index (χ3n) is 4.66. The van der Waals surface area contributed by atoms with Gasteiger partial charge in [0.1, 0.15) is 0 Å². The summed E-state index contributed by atoms with van der Waals surface area (Å²) in [7, 11) is 3.04. The summed E-state index contributed by atoms with van der Waals surface area (Å²) in [5.74, 6) is -0.539. The van der Waals surface area contributed by atoms with Crippen molar-refractivity contribution in [3.63, 3.8) is 0 Å². The molecule has 0 N–H and O–H groups in total. The number of hydrogen-bond acceptors (Lipinski definition) is 5. The Kier molecular flexibility index (Phi) is 5.25. The smallest absolute Gasteiger partial charge is 0.359 e. The van der Waals surface area contributed by atoms with E-state index in [4.69, 9.17) is 4.74 Å². The van der Waals surface area contributed by atoms with Gasteiger partial charge >= 0.3 is 5.97 Å². The molecule has 27 heavy (non-hydrogen) atoms. The Morgan fingerprint density at radius 2 is 1.59 bits per heavy atom. The van der Waals surface area contributed by atoms with E-state index < -0.39 is 5.97 Å². The first-order chi connectivity index (χ1) is 12.9. The van der Waals surface area contributed by atoms with E-state index in [0.717, 1.165) is 5.56 Å². The molecule has 1 aromatic carbocycles. The quantitative estimate of drug-likeness (QED) is 0.758. The van der Waals surface area contributed by atoms with Crippen LogP contribution in [0.2, 0.25) is 0 Å².